The van der Waals surface area contributed by atoms with Gasteiger partial charge in [-0.1, -0.05) is 0 Å². The number of urea groups is 1. The minimum absolute atomic E-state index is 0.160. The van der Waals surface area contributed by atoms with Crippen LogP contribution in [0.4, 0.5) is 4.79 Å². The number of carbonyl (C=O) groups excluding carboxylic acids is 1. The number of carbonyl (C=O) groups is 1. The van der Waals surface area contributed by atoms with Crippen LogP contribution in [0.1, 0.15) is 0 Å². The van der Waals surface area contributed by atoms with Crippen LogP contribution in [0.25, 0.3) is 0 Å². The van der Waals surface area contributed by atoms with Crippen molar-refractivity contribution >= 4 is 6.03 Å². The van der Waals surface area contributed by atoms with Crippen molar-refractivity contribution in [3.05, 3.63) is 0 Å². The zero-order chi connectivity index (χ0) is 5.98. The zero-order valence-corrected chi connectivity index (χ0v) is 4.39. The summed E-state index contributed by atoms with van der Waals surface area (Å²) in [5.74, 6) is 0. The van der Waals surface area contributed by atoms with Gasteiger partial charge in [0.1, 0.15) is 0 Å². The van der Waals surface area contributed by atoms with Crippen molar-refractivity contribution in [3.63, 3.8) is 0 Å². The Morgan fingerprint density at radius 1 is 1.75 bits per heavy atom. The second-order valence-electron chi connectivity index (χ2n) is 1.74. The molecule has 46 valence electrons. The summed E-state index contributed by atoms with van der Waals surface area (Å²) in [5, 5.41) is 2.49. The SMILES string of the molecule is NC(=O)NC1COC1. The van der Waals surface area contributed by atoms with Gasteiger partial charge in [-0.2, -0.15) is 0 Å². The van der Waals surface area contributed by atoms with E-state index in [1.54, 1.807) is 0 Å². The molecule has 0 saturated carbocycles. The van der Waals surface area contributed by atoms with Crippen LogP contribution in [0.5, 0.6) is 0 Å². The third kappa shape index (κ3) is 1.10. The quantitative estimate of drug-likeness (QED) is 0.464. The molecular weight excluding hydrogens is 108 g/mol. The lowest BCUT2D eigenvalue weighted by atomic mass is 10.3. The van der Waals surface area contributed by atoms with Crippen molar-refractivity contribution in [2.24, 2.45) is 5.73 Å². The van der Waals surface area contributed by atoms with Crippen molar-refractivity contribution in [2.45, 2.75) is 6.04 Å². The highest BCUT2D eigenvalue weighted by atomic mass is 16.5. The van der Waals surface area contributed by atoms with Crippen LogP contribution in [0.2, 0.25) is 0 Å². The van der Waals surface area contributed by atoms with Crippen LogP contribution >= 0.6 is 0 Å². The molecule has 4 heteroatoms. The minimum Gasteiger partial charge on any atom is -0.377 e. The van der Waals surface area contributed by atoms with Crippen LogP contribution in [0.3, 0.4) is 0 Å². The molecule has 3 N–H and O–H groups in total. The van der Waals surface area contributed by atoms with E-state index in [0.717, 1.165) is 0 Å². The minimum atomic E-state index is -0.474. The highest BCUT2D eigenvalue weighted by molar-refractivity contribution is 5.72. The Hall–Kier alpha value is -0.770. The van der Waals surface area contributed by atoms with Gasteiger partial charge in [-0.25, -0.2) is 4.79 Å². The molecule has 1 rings (SSSR count). The van der Waals surface area contributed by atoms with Crippen molar-refractivity contribution in [3.8, 4) is 0 Å². The summed E-state index contributed by atoms with van der Waals surface area (Å²) in [4.78, 5) is 10.1. The van der Waals surface area contributed by atoms with Crippen molar-refractivity contribution < 1.29 is 9.53 Å². The molecule has 0 aromatic carbocycles. The van der Waals surface area contributed by atoms with Gasteiger partial charge in [-0.15, -0.1) is 0 Å². The van der Waals surface area contributed by atoms with Gasteiger partial charge < -0.3 is 15.8 Å². The molecule has 0 aromatic heterocycles. The Morgan fingerprint density at radius 3 is 2.50 bits per heavy atom. The van der Waals surface area contributed by atoms with E-state index in [2.05, 4.69) is 5.32 Å². The van der Waals surface area contributed by atoms with Crippen molar-refractivity contribution in [1.29, 1.82) is 0 Å². The van der Waals surface area contributed by atoms with E-state index >= 15 is 0 Å². The maximum Gasteiger partial charge on any atom is 0.312 e. The van der Waals surface area contributed by atoms with E-state index in [4.69, 9.17) is 10.5 Å². The summed E-state index contributed by atoms with van der Waals surface area (Å²) in [6.45, 7) is 1.20. The Morgan fingerprint density at radius 2 is 2.38 bits per heavy atom. The van der Waals surface area contributed by atoms with Crippen LogP contribution in [0, 0.1) is 0 Å². The van der Waals surface area contributed by atoms with Gasteiger partial charge in [0.25, 0.3) is 0 Å². The lowest BCUT2D eigenvalue weighted by Gasteiger charge is -2.25. The smallest absolute Gasteiger partial charge is 0.312 e. The highest BCUT2D eigenvalue weighted by Crippen LogP contribution is 1.97. The average Bonchev–Trinajstić information content (AvgIpc) is 1.55. The number of rotatable bonds is 1. The summed E-state index contributed by atoms with van der Waals surface area (Å²) in [6.07, 6.45) is 0. The number of hydrogen-bond acceptors (Lipinski definition) is 2. The maximum atomic E-state index is 10.1. The summed E-state index contributed by atoms with van der Waals surface area (Å²) >= 11 is 0. The van der Waals surface area contributed by atoms with Gasteiger partial charge in [-0.05, 0) is 0 Å². The third-order valence-corrected chi connectivity index (χ3v) is 0.984. The van der Waals surface area contributed by atoms with Gasteiger partial charge in [0.2, 0.25) is 0 Å². The first-order valence-corrected chi connectivity index (χ1v) is 2.43. The molecule has 0 bridgehead atoms. The Labute approximate surface area is 47.0 Å². The Bertz CT molecular complexity index is 100. The Balaban J connectivity index is 2.09. The molecule has 0 spiro atoms. The van der Waals surface area contributed by atoms with Gasteiger partial charge in [-0.3, -0.25) is 0 Å². The molecular formula is C4H8N2O2. The number of amides is 2. The highest BCUT2D eigenvalue weighted by Gasteiger charge is 2.18. The van der Waals surface area contributed by atoms with Crippen molar-refractivity contribution in [2.75, 3.05) is 13.2 Å². The van der Waals surface area contributed by atoms with Crippen LogP contribution in [0.15, 0.2) is 0 Å². The molecule has 0 aliphatic carbocycles. The molecule has 1 heterocycles. The second kappa shape index (κ2) is 2.00. The standard InChI is InChI=1S/C4H8N2O2/c5-4(7)6-3-1-8-2-3/h3H,1-2H2,(H3,5,6,7). The van der Waals surface area contributed by atoms with Crippen molar-refractivity contribution in [1.82, 2.24) is 5.32 Å². The molecule has 4 nitrogen and oxygen atoms in total. The largest absolute Gasteiger partial charge is 0.377 e. The average molecular weight is 116 g/mol. The topological polar surface area (TPSA) is 64.4 Å². The normalized spacial score (nSPS) is 19.5. The lowest BCUT2D eigenvalue weighted by Crippen LogP contribution is -2.50. The van der Waals surface area contributed by atoms with E-state index in [1.165, 1.54) is 0 Å². The molecule has 0 unspecified atom stereocenters. The van der Waals surface area contributed by atoms with E-state index < -0.39 is 6.03 Å². The van der Waals surface area contributed by atoms with Gasteiger partial charge in [0.05, 0.1) is 19.3 Å². The summed E-state index contributed by atoms with van der Waals surface area (Å²) in [5.41, 5.74) is 4.80. The fraction of sp³-hybridized carbons (Fsp3) is 0.750. The van der Waals surface area contributed by atoms with E-state index in [9.17, 15) is 4.79 Å². The van der Waals surface area contributed by atoms with E-state index in [1.807, 2.05) is 0 Å². The van der Waals surface area contributed by atoms with Crippen LogP contribution < -0.4 is 11.1 Å². The summed E-state index contributed by atoms with van der Waals surface area (Å²) in [6, 6.07) is -0.314. The lowest BCUT2D eigenvalue weighted by molar-refractivity contribution is 0.000488. The fourth-order valence-electron chi connectivity index (χ4n) is 0.520. The van der Waals surface area contributed by atoms with Gasteiger partial charge in [0, 0.05) is 0 Å². The number of hydrogen-bond donors (Lipinski definition) is 2. The first kappa shape index (κ1) is 5.37. The monoisotopic (exact) mass is 116 g/mol. The van der Waals surface area contributed by atoms with Gasteiger partial charge >= 0.3 is 6.03 Å². The molecule has 1 aliphatic heterocycles. The number of primary amides is 1. The molecule has 0 aromatic rings. The number of ether oxygens (including phenoxy) is 1. The zero-order valence-electron chi connectivity index (χ0n) is 4.39. The fourth-order valence-corrected chi connectivity index (χ4v) is 0.520. The third-order valence-electron chi connectivity index (χ3n) is 0.984. The van der Waals surface area contributed by atoms with E-state index in [0.29, 0.717) is 13.2 Å². The first-order valence-electron chi connectivity index (χ1n) is 2.43. The predicted octanol–water partition coefficient (Wildman–Crippen LogP) is -0.947. The molecule has 0 radical (unpaired) electrons. The molecule has 1 saturated heterocycles. The number of nitrogens with two attached hydrogens (primary N) is 1. The molecule has 1 fully saturated rings. The molecule has 0 atom stereocenters. The summed E-state index contributed by atoms with van der Waals surface area (Å²) < 4.78 is 4.77. The number of nitrogens with one attached hydrogen (secondary N) is 1. The first-order chi connectivity index (χ1) is 3.79. The summed E-state index contributed by atoms with van der Waals surface area (Å²) in [7, 11) is 0. The molecule has 1 aliphatic rings. The maximum absolute atomic E-state index is 10.1. The van der Waals surface area contributed by atoms with Gasteiger partial charge in [0.15, 0.2) is 0 Å². The second-order valence-corrected chi connectivity index (χ2v) is 1.74. The van der Waals surface area contributed by atoms with Crippen LogP contribution in [-0.2, 0) is 4.74 Å². The predicted molar refractivity (Wildman–Crippen MR) is 27.3 cm³/mol. The molecule has 8 heavy (non-hydrogen) atoms. The molecule has 2 amide bonds. The Kier molecular flexibility index (Phi) is 1.34. The van der Waals surface area contributed by atoms with E-state index in [-0.39, 0.29) is 6.04 Å². The van der Waals surface area contributed by atoms with Crippen LogP contribution in [-0.4, -0.2) is 25.3 Å².